The Morgan fingerprint density at radius 2 is 1.77 bits per heavy atom. The number of benzene rings is 2. The average Bonchev–Trinajstić information content (AvgIpc) is 3.19. The summed E-state index contributed by atoms with van der Waals surface area (Å²) in [6.45, 7) is 5.42. The van der Waals surface area contributed by atoms with Gasteiger partial charge in [0.2, 0.25) is 11.7 Å². The van der Waals surface area contributed by atoms with Crippen LogP contribution < -0.4 is 0 Å². The van der Waals surface area contributed by atoms with Crippen molar-refractivity contribution in [2.45, 2.75) is 26.4 Å². The van der Waals surface area contributed by atoms with E-state index < -0.39 is 17.5 Å². The van der Waals surface area contributed by atoms with Crippen LogP contribution in [-0.2, 0) is 9.47 Å². The first-order chi connectivity index (χ1) is 14.2. The van der Waals surface area contributed by atoms with Crippen LogP contribution >= 0.6 is 0 Å². The van der Waals surface area contributed by atoms with Gasteiger partial charge in [0.25, 0.3) is 0 Å². The van der Waals surface area contributed by atoms with E-state index in [1.54, 1.807) is 32.9 Å². The molecule has 0 aliphatic heterocycles. The number of esters is 2. The van der Waals surface area contributed by atoms with Gasteiger partial charge in [-0.1, -0.05) is 18.2 Å². The van der Waals surface area contributed by atoms with E-state index in [4.69, 9.17) is 14.1 Å². The Bertz CT molecular complexity index is 1280. The van der Waals surface area contributed by atoms with E-state index in [2.05, 4.69) is 9.72 Å². The molecule has 0 unspecified atom stereocenters. The number of methoxy groups -OCH3 is 1. The Kier molecular flexibility index (Phi) is 4.73. The number of rotatable bonds is 3. The van der Waals surface area contributed by atoms with Crippen molar-refractivity contribution in [3.8, 4) is 11.5 Å². The van der Waals surface area contributed by atoms with E-state index in [-0.39, 0.29) is 11.7 Å². The van der Waals surface area contributed by atoms with Crippen molar-refractivity contribution >= 4 is 33.7 Å². The third kappa shape index (κ3) is 3.74. The zero-order chi connectivity index (χ0) is 21.5. The third-order valence-electron chi connectivity index (χ3n) is 4.39. The Labute approximate surface area is 172 Å². The number of pyridine rings is 1. The fourth-order valence-electron chi connectivity index (χ4n) is 3.11. The minimum absolute atomic E-state index is 0.0297. The van der Waals surface area contributed by atoms with Crippen molar-refractivity contribution in [2.24, 2.45) is 0 Å². The number of para-hydroxylation sites is 1. The Morgan fingerprint density at radius 3 is 2.50 bits per heavy atom. The summed E-state index contributed by atoms with van der Waals surface area (Å²) >= 11 is 0. The normalized spacial score (nSPS) is 11.6. The zero-order valence-corrected chi connectivity index (χ0v) is 17.1. The van der Waals surface area contributed by atoms with Crippen molar-refractivity contribution in [3.63, 3.8) is 0 Å². The van der Waals surface area contributed by atoms with Gasteiger partial charge in [-0.2, -0.15) is 0 Å². The number of hydrogen-bond donors (Lipinski definition) is 0. The third-order valence-corrected chi connectivity index (χ3v) is 4.39. The highest BCUT2D eigenvalue weighted by molar-refractivity contribution is 6.08. The fourth-order valence-corrected chi connectivity index (χ4v) is 3.11. The van der Waals surface area contributed by atoms with Crippen molar-refractivity contribution in [1.29, 1.82) is 0 Å². The number of carbonyl (C=O) groups is 2. The Morgan fingerprint density at radius 1 is 1.00 bits per heavy atom. The lowest BCUT2D eigenvalue weighted by molar-refractivity contribution is 0.00716. The standard InChI is InChI=1S/C23H20N2O5/c1-23(2,3)30-21(26)16-10-14(20-24-12-19(29-20)22(27)28-4)11-18-15(16)9-13-7-5-6-8-17(13)25-18/h5-12H,1-4H3. The molecule has 2 aromatic carbocycles. The number of oxazole rings is 1. The molecule has 4 rings (SSSR count). The smallest absolute Gasteiger partial charge is 0.375 e. The van der Waals surface area contributed by atoms with Gasteiger partial charge in [-0.25, -0.2) is 19.6 Å². The molecule has 2 heterocycles. The van der Waals surface area contributed by atoms with Crippen molar-refractivity contribution in [2.75, 3.05) is 7.11 Å². The lowest BCUT2D eigenvalue weighted by Crippen LogP contribution is -2.24. The zero-order valence-electron chi connectivity index (χ0n) is 17.1. The van der Waals surface area contributed by atoms with Crippen LogP contribution in [0.5, 0.6) is 0 Å². The summed E-state index contributed by atoms with van der Waals surface area (Å²) in [5.74, 6) is -0.966. The summed E-state index contributed by atoms with van der Waals surface area (Å²) in [5, 5.41) is 1.57. The SMILES string of the molecule is COC(=O)c1cnc(-c2cc(C(=O)OC(C)(C)C)c3cc4ccccc4nc3c2)o1. The molecule has 0 N–H and O–H groups in total. The molecule has 0 fully saturated rings. The topological polar surface area (TPSA) is 91.5 Å². The molecule has 0 amide bonds. The first-order valence-corrected chi connectivity index (χ1v) is 9.36. The maximum atomic E-state index is 13.0. The molecule has 152 valence electrons. The second kappa shape index (κ2) is 7.26. The molecule has 0 saturated heterocycles. The van der Waals surface area contributed by atoms with E-state index in [9.17, 15) is 9.59 Å². The van der Waals surface area contributed by atoms with E-state index in [0.29, 0.717) is 22.0 Å². The predicted octanol–water partition coefficient (Wildman–Crippen LogP) is 4.78. The summed E-state index contributed by atoms with van der Waals surface area (Å²) in [7, 11) is 1.26. The summed E-state index contributed by atoms with van der Waals surface area (Å²) in [6.07, 6.45) is 1.28. The molecule has 0 saturated carbocycles. The van der Waals surface area contributed by atoms with Gasteiger partial charge in [-0.05, 0) is 45.0 Å². The summed E-state index contributed by atoms with van der Waals surface area (Å²) in [6, 6.07) is 13.0. The van der Waals surface area contributed by atoms with Crippen molar-refractivity contribution < 1.29 is 23.5 Å². The number of aromatic nitrogens is 2. The largest absolute Gasteiger partial charge is 0.463 e. The summed E-state index contributed by atoms with van der Waals surface area (Å²) in [5.41, 5.74) is 1.56. The van der Waals surface area contributed by atoms with E-state index in [1.165, 1.54) is 13.3 Å². The van der Waals surface area contributed by atoms with Crippen molar-refractivity contribution in [1.82, 2.24) is 9.97 Å². The Hall–Kier alpha value is -3.74. The average molecular weight is 404 g/mol. The van der Waals surface area contributed by atoms with Gasteiger partial charge in [-0.15, -0.1) is 0 Å². The van der Waals surface area contributed by atoms with Gasteiger partial charge in [0.05, 0.1) is 29.9 Å². The number of ether oxygens (including phenoxy) is 2. The maximum absolute atomic E-state index is 13.0. The van der Waals surface area contributed by atoms with Gasteiger partial charge in [-0.3, -0.25) is 0 Å². The first-order valence-electron chi connectivity index (χ1n) is 9.36. The molecule has 0 radical (unpaired) electrons. The molecule has 0 aliphatic rings. The monoisotopic (exact) mass is 404 g/mol. The van der Waals surface area contributed by atoms with Crippen LogP contribution in [0.1, 0.15) is 41.7 Å². The van der Waals surface area contributed by atoms with Crippen LogP contribution in [0.4, 0.5) is 0 Å². The molecule has 0 spiro atoms. The highest BCUT2D eigenvalue weighted by Gasteiger charge is 2.23. The van der Waals surface area contributed by atoms with Crippen LogP contribution in [0.3, 0.4) is 0 Å². The van der Waals surface area contributed by atoms with Crippen LogP contribution in [0.15, 0.2) is 53.1 Å². The molecule has 0 aliphatic carbocycles. The molecule has 0 bridgehead atoms. The minimum Gasteiger partial charge on any atom is -0.463 e. The molecule has 30 heavy (non-hydrogen) atoms. The summed E-state index contributed by atoms with van der Waals surface area (Å²) in [4.78, 5) is 33.5. The predicted molar refractivity (Wildman–Crippen MR) is 111 cm³/mol. The molecule has 0 atom stereocenters. The first kappa shape index (κ1) is 19.6. The second-order valence-corrected chi connectivity index (χ2v) is 7.79. The molecule has 2 aromatic heterocycles. The van der Waals surface area contributed by atoms with Gasteiger partial charge in [0.15, 0.2) is 0 Å². The number of nitrogens with zero attached hydrogens (tertiary/aromatic N) is 2. The van der Waals surface area contributed by atoms with Gasteiger partial charge in [0, 0.05) is 16.3 Å². The summed E-state index contributed by atoms with van der Waals surface area (Å²) < 4.78 is 15.8. The van der Waals surface area contributed by atoms with E-state index in [0.717, 1.165) is 10.9 Å². The molecule has 4 aromatic rings. The lowest BCUT2D eigenvalue weighted by Gasteiger charge is -2.20. The number of carbonyl (C=O) groups excluding carboxylic acids is 2. The van der Waals surface area contributed by atoms with Crippen LogP contribution in [0.2, 0.25) is 0 Å². The maximum Gasteiger partial charge on any atom is 0.375 e. The van der Waals surface area contributed by atoms with Crippen LogP contribution in [0, 0.1) is 0 Å². The molecule has 7 heteroatoms. The fraction of sp³-hybridized carbons (Fsp3) is 0.217. The molecule has 7 nitrogen and oxygen atoms in total. The second-order valence-electron chi connectivity index (χ2n) is 7.79. The van der Waals surface area contributed by atoms with E-state index in [1.807, 2.05) is 30.3 Å². The van der Waals surface area contributed by atoms with Gasteiger partial charge in [0.1, 0.15) is 5.60 Å². The lowest BCUT2D eigenvalue weighted by atomic mass is 10.0. The van der Waals surface area contributed by atoms with Crippen LogP contribution in [-0.4, -0.2) is 34.6 Å². The quantitative estimate of drug-likeness (QED) is 0.358. The Balaban J connectivity index is 1.93. The van der Waals surface area contributed by atoms with E-state index >= 15 is 0 Å². The highest BCUT2D eigenvalue weighted by atomic mass is 16.6. The molecular weight excluding hydrogens is 384 g/mol. The van der Waals surface area contributed by atoms with Gasteiger partial charge < -0.3 is 13.9 Å². The minimum atomic E-state index is -0.662. The highest BCUT2D eigenvalue weighted by Crippen LogP contribution is 2.30. The number of hydrogen-bond acceptors (Lipinski definition) is 7. The number of fused-ring (bicyclic) bond motifs is 2. The van der Waals surface area contributed by atoms with Crippen LogP contribution in [0.25, 0.3) is 33.3 Å². The van der Waals surface area contributed by atoms with Crippen molar-refractivity contribution in [3.05, 3.63) is 60.0 Å². The molecular formula is C23H20N2O5. The van der Waals surface area contributed by atoms with Gasteiger partial charge >= 0.3 is 11.9 Å².